The third-order valence-corrected chi connectivity index (χ3v) is 5.15. The van der Waals surface area contributed by atoms with Crippen LogP contribution >= 0.6 is 0 Å². The first kappa shape index (κ1) is 18.2. The second-order valence-corrected chi connectivity index (χ2v) is 7.01. The molecule has 0 amide bonds. The molecule has 0 spiro atoms. The van der Waals surface area contributed by atoms with Crippen molar-refractivity contribution in [3.63, 3.8) is 0 Å². The van der Waals surface area contributed by atoms with Gasteiger partial charge in [-0.3, -0.25) is 4.79 Å². The Morgan fingerprint density at radius 1 is 0.867 bits per heavy atom. The van der Waals surface area contributed by atoms with Gasteiger partial charge in [-0.2, -0.15) is 9.61 Å². The number of H-pyrrole nitrogens is 1. The van der Waals surface area contributed by atoms with Crippen molar-refractivity contribution in [1.82, 2.24) is 14.6 Å². The summed E-state index contributed by atoms with van der Waals surface area (Å²) in [5, 5.41) is 6.30. The average Bonchev–Trinajstić information content (AvgIpc) is 3.06. The van der Waals surface area contributed by atoms with Gasteiger partial charge < -0.3 is 4.98 Å². The van der Waals surface area contributed by atoms with Gasteiger partial charge >= 0.3 is 0 Å². The molecule has 0 aliphatic rings. The van der Waals surface area contributed by atoms with E-state index in [0.29, 0.717) is 23.0 Å². The van der Waals surface area contributed by atoms with E-state index in [4.69, 9.17) is 0 Å². The van der Waals surface area contributed by atoms with Crippen LogP contribution in [-0.2, 0) is 0 Å². The normalized spacial score (nSPS) is 11.5. The van der Waals surface area contributed by atoms with Gasteiger partial charge in [0.1, 0.15) is 11.5 Å². The molecule has 3 aromatic carbocycles. The molecule has 0 unspecified atom stereocenters. The number of rotatable bonds is 2. The van der Waals surface area contributed by atoms with Gasteiger partial charge in [0.05, 0.1) is 11.4 Å². The van der Waals surface area contributed by atoms with Crippen LogP contribution in [0.25, 0.3) is 38.8 Å². The number of aromatic nitrogens is 3. The van der Waals surface area contributed by atoms with Crippen LogP contribution in [0.3, 0.4) is 0 Å². The number of fused-ring (bicyclic) bond motifs is 2. The number of benzene rings is 3. The fourth-order valence-electron chi connectivity index (χ4n) is 3.79. The summed E-state index contributed by atoms with van der Waals surface area (Å²) in [5.41, 5.74) is 1.74. The largest absolute Gasteiger partial charge is 0.339 e. The number of aryl methyl sites for hydroxylation is 1. The fourth-order valence-corrected chi connectivity index (χ4v) is 3.79. The number of halogens is 3. The maximum absolute atomic E-state index is 14.3. The molecule has 5 rings (SSSR count). The molecule has 1 N–H and O–H groups in total. The van der Waals surface area contributed by atoms with Crippen LogP contribution < -0.4 is 5.56 Å². The van der Waals surface area contributed by atoms with Gasteiger partial charge in [-0.1, -0.05) is 42.5 Å². The third kappa shape index (κ3) is 2.70. The molecule has 5 aromatic rings. The van der Waals surface area contributed by atoms with E-state index in [9.17, 15) is 18.0 Å². The molecule has 148 valence electrons. The lowest BCUT2D eigenvalue weighted by molar-refractivity contribution is 0.496. The number of nitrogens with zero attached hydrogens (tertiary/aromatic N) is 2. The van der Waals surface area contributed by atoms with Crippen molar-refractivity contribution >= 4 is 16.4 Å². The zero-order valence-corrected chi connectivity index (χ0v) is 15.7. The molecule has 0 atom stereocenters. The summed E-state index contributed by atoms with van der Waals surface area (Å²) in [5.74, 6) is -3.47. The van der Waals surface area contributed by atoms with Gasteiger partial charge in [-0.05, 0) is 29.3 Å². The molecule has 0 aliphatic carbocycles. The summed E-state index contributed by atoms with van der Waals surface area (Å²) in [6, 6.07) is 15.9. The highest BCUT2D eigenvalue weighted by Crippen LogP contribution is 2.34. The van der Waals surface area contributed by atoms with Crippen molar-refractivity contribution in [2.75, 3.05) is 0 Å². The van der Waals surface area contributed by atoms with Crippen molar-refractivity contribution in [3.8, 4) is 22.4 Å². The van der Waals surface area contributed by atoms with Crippen molar-refractivity contribution in [2.45, 2.75) is 6.92 Å². The first-order valence-electron chi connectivity index (χ1n) is 9.20. The quantitative estimate of drug-likeness (QED) is 0.409. The molecule has 30 heavy (non-hydrogen) atoms. The molecule has 0 saturated heterocycles. The Bertz CT molecular complexity index is 1510. The Morgan fingerprint density at radius 2 is 1.60 bits per heavy atom. The monoisotopic (exact) mass is 405 g/mol. The summed E-state index contributed by atoms with van der Waals surface area (Å²) in [6.45, 7) is 1.77. The van der Waals surface area contributed by atoms with Crippen LogP contribution in [0, 0.1) is 24.4 Å². The van der Waals surface area contributed by atoms with E-state index in [2.05, 4.69) is 10.1 Å². The lowest BCUT2D eigenvalue weighted by atomic mass is 9.98. The second-order valence-electron chi connectivity index (χ2n) is 7.01. The number of hydrogen-bond donors (Lipinski definition) is 1. The lowest BCUT2D eigenvalue weighted by Crippen LogP contribution is -2.14. The summed E-state index contributed by atoms with van der Waals surface area (Å²) >= 11 is 0. The van der Waals surface area contributed by atoms with E-state index < -0.39 is 23.0 Å². The fraction of sp³-hybridized carbons (Fsp3) is 0.0435. The molecule has 4 nitrogen and oxygen atoms in total. The van der Waals surface area contributed by atoms with E-state index >= 15 is 0 Å². The van der Waals surface area contributed by atoms with Crippen LogP contribution in [0.4, 0.5) is 13.2 Å². The topological polar surface area (TPSA) is 50.2 Å². The molecule has 0 bridgehead atoms. The Morgan fingerprint density at radius 3 is 2.43 bits per heavy atom. The van der Waals surface area contributed by atoms with Crippen molar-refractivity contribution in [1.29, 1.82) is 0 Å². The minimum absolute atomic E-state index is 0.0327. The van der Waals surface area contributed by atoms with Gasteiger partial charge in [-0.25, -0.2) is 13.2 Å². The standard InChI is InChI=1S/C23H14F3N3O/c1-12-22(15-8-4-6-13-5-2-3-7-14(13)15)23-27-20(11-21(30)29(23)28-12)16-9-18(25)19(26)10-17(16)24/h2-11,27H,1H3. The molecular formula is C23H14F3N3O. The molecule has 2 heterocycles. The molecule has 2 aromatic heterocycles. The van der Waals surface area contributed by atoms with Crippen molar-refractivity contribution in [3.05, 3.63) is 94.2 Å². The van der Waals surface area contributed by atoms with Gasteiger partial charge in [0.2, 0.25) is 0 Å². The van der Waals surface area contributed by atoms with E-state index in [1.807, 2.05) is 42.5 Å². The summed E-state index contributed by atoms with van der Waals surface area (Å²) < 4.78 is 42.6. The first-order chi connectivity index (χ1) is 14.4. The minimum Gasteiger partial charge on any atom is -0.339 e. The predicted molar refractivity (Wildman–Crippen MR) is 109 cm³/mol. The lowest BCUT2D eigenvalue weighted by Gasteiger charge is -2.09. The Hall–Kier alpha value is -3.87. The van der Waals surface area contributed by atoms with Crippen molar-refractivity contribution in [2.24, 2.45) is 0 Å². The van der Waals surface area contributed by atoms with E-state index in [0.717, 1.165) is 28.5 Å². The highest BCUT2D eigenvalue weighted by molar-refractivity contribution is 6.00. The average molecular weight is 405 g/mol. The molecule has 0 radical (unpaired) electrons. The Balaban J connectivity index is 1.84. The predicted octanol–water partition coefficient (Wildman–Crippen LogP) is 5.24. The van der Waals surface area contributed by atoms with Crippen LogP contribution in [-0.4, -0.2) is 14.6 Å². The van der Waals surface area contributed by atoms with Crippen LogP contribution in [0.1, 0.15) is 5.69 Å². The third-order valence-electron chi connectivity index (χ3n) is 5.15. The zero-order valence-electron chi connectivity index (χ0n) is 15.7. The van der Waals surface area contributed by atoms with Crippen LogP contribution in [0.5, 0.6) is 0 Å². The van der Waals surface area contributed by atoms with E-state index in [1.165, 1.54) is 4.52 Å². The molecule has 7 heteroatoms. The Labute approximate surface area is 168 Å². The SMILES string of the molecule is Cc1nn2c(=O)cc(-c3cc(F)c(F)cc3F)[nH]c2c1-c1cccc2ccccc12. The Kier molecular flexibility index (Phi) is 3.99. The molecule has 0 saturated carbocycles. The molecule has 0 fully saturated rings. The molecular weight excluding hydrogens is 391 g/mol. The van der Waals surface area contributed by atoms with Gasteiger partial charge in [-0.15, -0.1) is 0 Å². The summed E-state index contributed by atoms with van der Waals surface area (Å²) in [6.07, 6.45) is 0. The van der Waals surface area contributed by atoms with Gasteiger partial charge in [0.25, 0.3) is 5.56 Å². The maximum atomic E-state index is 14.3. The summed E-state index contributed by atoms with van der Waals surface area (Å²) in [7, 11) is 0. The smallest absolute Gasteiger partial charge is 0.274 e. The van der Waals surface area contributed by atoms with Gasteiger partial charge in [0, 0.05) is 23.3 Å². The van der Waals surface area contributed by atoms with Crippen LogP contribution in [0.2, 0.25) is 0 Å². The maximum Gasteiger partial charge on any atom is 0.274 e. The second kappa shape index (κ2) is 6.59. The van der Waals surface area contributed by atoms with Crippen molar-refractivity contribution < 1.29 is 13.2 Å². The highest BCUT2D eigenvalue weighted by Gasteiger charge is 2.19. The minimum atomic E-state index is -1.30. The molecule has 0 aliphatic heterocycles. The van der Waals surface area contributed by atoms with Gasteiger partial charge in [0.15, 0.2) is 11.6 Å². The highest BCUT2D eigenvalue weighted by atomic mass is 19.2. The number of nitrogens with one attached hydrogen (secondary N) is 1. The van der Waals surface area contributed by atoms with Crippen LogP contribution in [0.15, 0.2) is 65.5 Å². The zero-order chi connectivity index (χ0) is 21.0. The van der Waals surface area contributed by atoms with E-state index in [-0.39, 0.29) is 11.3 Å². The number of aromatic amines is 1. The summed E-state index contributed by atoms with van der Waals surface area (Å²) in [4.78, 5) is 15.7. The van der Waals surface area contributed by atoms with E-state index in [1.54, 1.807) is 6.92 Å². The number of hydrogen-bond acceptors (Lipinski definition) is 2. The first-order valence-corrected chi connectivity index (χ1v) is 9.20.